The van der Waals surface area contributed by atoms with Crippen LogP contribution in [0, 0.1) is 0 Å². The van der Waals surface area contributed by atoms with E-state index in [9.17, 15) is 0 Å². The van der Waals surface area contributed by atoms with Crippen molar-refractivity contribution >= 4 is 50.9 Å². The van der Waals surface area contributed by atoms with Crippen molar-refractivity contribution in [2.24, 2.45) is 0 Å². The van der Waals surface area contributed by atoms with Gasteiger partial charge in [-0.15, -0.1) is 50.9 Å². The van der Waals surface area contributed by atoms with E-state index in [1.54, 1.807) is 20.8 Å². The van der Waals surface area contributed by atoms with E-state index in [0.717, 1.165) is 13.0 Å². The molecule has 0 heterocycles. The number of hydrogen-bond donors (Lipinski definition) is 0. The molecule has 1 nitrogen and oxygen atoms in total. The summed E-state index contributed by atoms with van der Waals surface area (Å²) in [6.45, 7) is 2.98. The van der Waals surface area contributed by atoms with Crippen LogP contribution in [0.25, 0.3) is 0 Å². The van der Waals surface area contributed by atoms with Gasteiger partial charge in [0.15, 0.2) is 0 Å². The standard InChI is InChI=1S/C3H7O.3BrH.Ti/c1-2-3-4;;;;/h2-3H2,1H3;3*1H;/q-1;;;;+1. The van der Waals surface area contributed by atoms with Crippen molar-refractivity contribution < 1.29 is 24.1 Å². The molecule has 0 aromatic rings. The van der Waals surface area contributed by atoms with E-state index < -0.39 is 0 Å². The van der Waals surface area contributed by atoms with Gasteiger partial charge in [-0.3, -0.25) is 0 Å². The van der Waals surface area contributed by atoms with Crippen molar-refractivity contribution in [1.29, 1.82) is 0 Å². The van der Waals surface area contributed by atoms with E-state index in [1.165, 1.54) is 0 Å². The van der Waals surface area contributed by atoms with Gasteiger partial charge in [-0.25, -0.2) is 0 Å². The molecule has 0 atom stereocenters. The van der Waals surface area contributed by atoms with Crippen LogP contribution in [0.15, 0.2) is 0 Å². The first-order valence-electron chi connectivity index (χ1n) is 1.70. The van der Waals surface area contributed by atoms with Crippen molar-refractivity contribution in [3.05, 3.63) is 0 Å². The van der Waals surface area contributed by atoms with Gasteiger partial charge in [0.25, 0.3) is 0 Å². The average molecular weight is 350 g/mol. The van der Waals surface area contributed by atoms with Crippen LogP contribution < -0.4 is 0 Å². The predicted molar refractivity (Wildman–Crippen MR) is 47.2 cm³/mol. The van der Waals surface area contributed by atoms with Gasteiger partial charge in [0.2, 0.25) is 0 Å². The van der Waals surface area contributed by atoms with Crippen LogP contribution >= 0.6 is 50.9 Å². The Morgan fingerprint density at radius 3 is 1.62 bits per heavy atom. The predicted octanol–water partition coefficient (Wildman–Crippen LogP) is 2.61. The van der Waals surface area contributed by atoms with Crippen molar-refractivity contribution in [1.82, 2.24) is 0 Å². The van der Waals surface area contributed by atoms with E-state index in [4.69, 9.17) is 3.32 Å². The average Bonchev–Trinajstić information content (AvgIpc) is 1.41. The minimum absolute atomic E-state index is 0. The maximum absolute atomic E-state index is 4.69. The Morgan fingerprint density at radius 2 is 1.62 bits per heavy atom. The molecule has 0 N–H and O–H groups in total. The van der Waals surface area contributed by atoms with Crippen LogP contribution in [0.4, 0.5) is 0 Å². The zero-order chi connectivity index (χ0) is 4.12. The third-order valence-corrected chi connectivity index (χ3v) is 0.625. The minimum atomic E-state index is 0. The SMILES string of the molecule is Br.Br.Br.CCC[O][Ti]. The Morgan fingerprint density at radius 1 is 1.25 bits per heavy atom. The Labute approximate surface area is 94.1 Å². The number of hydrogen-bond acceptors (Lipinski definition) is 1. The summed E-state index contributed by atoms with van der Waals surface area (Å²) in [5.74, 6) is 0. The molecule has 0 unspecified atom stereocenters. The third-order valence-electron chi connectivity index (χ3n) is 0.306. The van der Waals surface area contributed by atoms with E-state index in [-0.39, 0.29) is 50.9 Å². The molecule has 0 fully saturated rings. The fraction of sp³-hybridized carbons (Fsp3) is 1.00. The zero-order valence-electron chi connectivity index (χ0n) is 4.55. The van der Waals surface area contributed by atoms with E-state index >= 15 is 0 Å². The second-order valence-corrected chi connectivity index (χ2v) is 1.30. The first-order chi connectivity index (χ1) is 2.41. The molecule has 0 saturated heterocycles. The summed E-state index contributed by atoms with van der Waals surface area (Å²) in [4.78, 5) is 0. The first kappa shape index (κ1) is 22.5. The molecule has 0 aliphatic heterocycles. The van der Waals surface area contributed by atoms with E-state index in [1.807, 2.05) is 0 Å². The summed E-state index contributed by atoms with van der Waals surface area (Å²) in [7, 11) is 0. The topological polar surface area (TPSA) is 9.23 Å². The summed E-state index contributed by atoms with van der Waals surface area (Å²) in [6, 6.07) is 0. The molecule has 0 aromatic heterocycles. The molecule has 0 radical (unpaired) electrons. The molecule has 8 heavy (non-hydrogen) atoms. The Hall–Kier alpha value is 2.11. The van der Waals surface area contributed by atoms with Gasteiger partial charge in [-0.2, -0.15) is 0 Å². The summed E-state index contributed by atoms with van der Waals surface area (Å²) in [5.41, 5.74) is 0. The second kappa shape index (κ2) is 22.9. The molecule has 0 rings (SSSR count). The third kappa shape index (κ3) is 24.3. The van der Waals surface area contributed by atoms with Crippen molar-refractivity contribution in [2.45, 2.75) is 13.3 Å². The fourth-order valence-electron chi connectivity index (χ4n) is 0.102. The van der Waals surface area contributed by atoms with Gasteiger partial charge < -0.3 is 0 Å². The summed E-state index contributed by atoms with van der Waals surface area (Å²) in [5, 5.41) is 0. The fourth-order valence-corrected chi connectivity index (χ4v) is 0.421. The summed E-state index contributed by atoms with van der Waals surface area (Å²) < 4.78 is 4.69. The van der Waals surface area contributed by atoms with Crippen LogP contribution in [0.1, 0.15) is 13.3 Å². The molecule has 0 saturated carbocycles. The zero-order valence-corrected chi connectivity index (χ0v) is 11.2. The molecule has 0 aliphatic carbocycles. The van der Waals surface area contributed by atoms with Gasteiger partial charge in [0, 0.05) is 0 Å². The molecule has 0 bridgehead atoms. The van der Waals surface area contributed by atoms with E-state index in [2.05, 4.69) is 6.92 Å². The normalized spacial score (nSPS) is 5.00. The van der Waals surface area contributed by atoms with Crippen LogP contribution in [0.3, 0.4) is 0 Å². The molecule has 0 aromatic carbocycles. The summed E-state index contributed by atoms with van der Waals surface area (Å²) >= 11 is 1.71. The van der Waals surface area contributed by atoms with Crippen LogP contribution in [-0.4, -0.2) is 6.61 Å². The number of rotatable bonds is 2. The van der Waals surface area contributed by atoms with Crippen molar-refractivity contribution in [2.75, 3.05) is 6.61 Å². The molecule has 0 aliphatic rings. The maximum atomic E-state index is 4.69. The second-order valence-electron chi connectivity index (χ2n) is 0.848. The van der Waals surface area contributed by atoms with Gasteiger partial charge in [-0.05, 0) is 0 Å². The first-order valence-corrected chi connectivity index (χ1v) is 2.34. The Kier molecular flexibility index (Phi) is 64.5. The summed E-state index contributed by atoms with van der Waals surface area (Å²) in [6.07, 6.45) is 1.12. The molecule has 0 spiro atoms. The van der Waals surface area contributed by atoms with Crippen LogP contribution in [-0.2, 0) is 24.1 Å². The Bertz CT molecular complexity index is 22.0. The van der Waals surface area contributed by atoms with Gasteiger partial charge in [0.05, 0.1) is 0 Å². The molecule has 5 heteroatoms. The van der Waals surface area contributed by atoms with Gasteiger partial charge in [-0.1, -0.05) is 0 Å². The van der Waals surface area contributed by atoms with E-state index in [0.29, 0.717) is 0 Å². The molecule has 53 valence electrons. The molecular weight excluding hydrogens is 340 g/mol. The van der Waals surface area contributed by atoms with Crippen molar-refractivity contribution in [3.63, 3.8) is 0 Å². The quantitative estimate of drug-likeness (QED) is 0.696. The van der Waals surface area contributed by atoms with Crippen LogP contribution in [0.5, 0.6) is 0 Å². The molecular formula is C3H10Br3OTi. The van der Waals surface area contributed by atoms with Gasteiger partial charge in [0.1, 0.15) is 0 Å². The Balaban J connectivity index is -0.0000000267. The number of halogens is 3. The van der Waals surface area contributed by atoms with Gasteiger partial charge >= 0.3 is 44.1 Å². The molecule has 0 amide bonds. The van der Waals surface area contributed by atoms with Crippen molar-refractivity contribution in [3.8, 4) is 0 Å². The van der Waals surface area contributed by atoms with Crippen LogP contribution in [0.2, 0.25) is 0 Å². The monoisotopic (exact) mass is 347 g/mol.